The molecule has 2 aliphatic rings. The number of piperazine rings is 1. The number of fused-ring (bicyclic) bond motifs is 1. The number of amides is 1. The van der Waals surface area contributed by atoms with E-state index in [2.05, 4.69) is 40.0 Å². The van der Waals surface area contributed by atoms with Crippen LogP contribution in [0, 0.1) is 12.8 Å². The van der Waals surface area contributed by atoms with Crippen LogP contribution >= 0.6 is 34.5 Å². The number of benzene rings is 2. The largest absolute Gasteiger partial charge is 0.337 e. The number of rotatable bonds is 5. The van der Waals surface area contributed by atoms with Gasteiger partial charge in [-0.25, -0.2) is 4.98 Å². The minimum atomic E-state index is 0.230. The highest BCUT2D eigenvalue weighted by Gasteiger charge is 2.33. The molecule has 34 heavy (non-hydrogen) atoms. The van der Waals surface area contributed by atoms with E-state index in [4.69, 9.17) is 23.2 Å². The van der Waals surface area contributed by atoms with Gasteiger partial charge in [0, 0.05) is 53.9 Å². The number of halogens is 2. The lowest BCUT2D eigenvalue weighted by Crippen LogP contribution is -2.54. The van der Waals surface area contributed by atoms with Crippen LogP contribution in [0.3, 0.4) is 0 Å². The Labute approximate surface area is 215 Å². The van der Waals surface area contributed by atoms with Gasteiger partial charge in [0.15, 0.2) is 5.13 Å². The first-order valence-corrected chi connectivity index (χ1v) is 13.6. The molecule has 1 N–H and O–H groups in total. The van der Waals surface area contributed by atoms with Crippen molar-refractivity contribution in [3.05, 3.63) is 51.5 Å². The molecule has 1 aliphatic heterocycles. The zero-order chi connectivity index (χ0) is 23.8. The van der Waals surface area contributed by atoms with Crippen molar-refractivity contribution in [2.24, 2.45) is 5.92 Å². The second-order valence-electron chi connectivity index (χ2n) is 9.59. The summed E-state index contributed by atoms with van der Waals surface area (Å²) in [6.45, 7) is 7.68. The molecule has 0 bridgehead atoms. The summed E-state index contributed by atoms with van der Waals surface area (Å²) in [5.74, 6) is 0.614. The van der Waals surface area contributed by atoms with Crippen molar-refractivity contribution in [2.45, 2.75) is 52.1 Å². The Hall–Kier alpha value is -1.86. The smallest absolute Gasteiger partial charge is 0.226 e. The molecule has 8 heteroatoms. The molecule has 0 radical (unpaired) electrons. The van der Waals surface area contributed by atoms with Gasteiger partial charge in [0.1, 0.15) is 0 Å². The second-order valence-corrected chi connectivity index (χ2v) is 11.5. The second kappa shape index (κ2) is 10.0. The predicted octanol–water partition coefficient (Wildman–Crippen LogP) is 6.88. The lowest BCUT2D eigenvalue weighted by atomic mass is 10.0. The number of nitrogens with zero attached hydrogens (tertiary/aromatic N) is 3. The molecule has 2 aromatic carbocycles. The maximum absolute atomic E-state index is 12.9. The highest BCUT2D eigenvalue weighted by molar-refractivity contribution is 7.22. The number of carbonyl (C=O) groups excluding carboxylic acids is 1. The van der Waals surface area contributed by atoms with Crippen LogP contribution in [0.2, 0.25) is 10.0 Å². The monoisotopic (exact) mass is 516 g/mol. The quantitative estimate of drug-likeness (QED) is 0.401. The number of nitrogens with one attached hydrogen (secondary N) is 1. The number of hydrogen-bond acceptors (Lipinski definition) is 5. The van der Waals surface area contributed by atoms with Gasteiger partial charge >= 0.3 is 0 Å². The predicted molar refractivity (Wildman–Crippen MR) is 143 cm³/mol. The Morgan fingerprint density at radius 3 is 2.71 bits per heavy atom. The maximum Gasteiger partial charge on any atom is 0.226 e. The number of aromatic nitrogens is 1. The third-order valence-corrected chi connectivity index (χ3v) is 8.57. The molecule has 2 heterocycles. The lowest BCUT2D eigenvalue weighted by molar-refractivity contribution is -0.140. The first-order valence-electron chi connectivity index (χ1n) is 12.0. The average molecular weight is 518 g/mol. The first kappa shape index (κ1) is 23.9. The summed E-state index contributed by atoms with van der Waals surface area (Å²) in [5.41, 5.74) is 4.22. The van der Waals surface area contributed by atoms with Crippen LogP contribution in [0.1, 0.15) is 43.7 Å². The number of carbonyl (C=O) groups is 1. The molecular weight excluding hydrogens is 487 g/mol. The summed E-state index contributed by atoms with van der Waals surface area (Å²) in [7, 11) is 0. The maximum atomic E-state index is 12.9. The van der Waals surface area contributed by atoms with Gasteiger partial charge in [0.05, 0.1) is 10.2 Å². The molecule has 5 rings (SSSR count). The third-order valence-electron chi connectivity index (χ3n) is 7.16. The summed E-state index contributed by atoms with van der Waals surface area (Å²) in [6.07, 6.45) is 4.51. The van der Waals surface area contributed by atoms with E-state index >= 15 is 0 Å². The fourth-order valence-corrected chi connectivity index (χ4v) is 6.52. The van der Waals surface area contributed by atoms with E-state index in [0.29, 0.717) is 16.0 Å². The topological polar surface area (TPSA) is 48.5 Å². The summed E-state index contributed by atoms with van der Waals surface area (Å²) in [4.78, 5) is 22.2. The Kier molecular flexibility index (Phi) is 7.03. The van der Waals surface area contributed by atoms with Gasteiger partial charge in [-0.2, -0.15) is 0 Å². The zero-order valence-electron chi connectivity index (χ0n) is 19.6. The van der Waals surface area contributed by atoms with E-state index in [0.717, 1.165) is 60.1 Å². The molecule has 1 aromatic heterocycles. The Morgan fingerprint density at radius 2 is 1.94 bits per heavy atom. The van der Waals surface area contributed by atoms with E-state index in [1.165, 1.54) is 24.0 Å². The Bertz CT molecular complexity index is 1210. The highest BCUT2D eigenvalue weighted by atomic mass is 35.5. The van der Waals surface area contributed by atoms with Gasteiger partial charge in [-0.3, -0.25) is 9.69 Å². The summed E-state index contributed by atoms with van der Waals surface area (Å²) in [6, 6.07) is 10.0. The van der Waals surface area contributed by atoms with E-state index < -0.39 is 0 Å². The molecule has 2 fully saturated rings. The van der Waals surface area contributed by atoms with E-state index in [9.17, 15) is 4.79 Å². The number of anilines is 2. The Morgan fingerprint density at radius 1 is 1.15 bits per heavy atom. The first-order chi connectivity index (χ1) is 16.4. The number of thiazole rings is 1. The molecule has 1 aliphatic carbocycles. The SMILES string of the molecule is Cc1c(CN2CCN(C(=O)C3CCCC3)[C@@H](C)C2)cc(Cl)cc1Nc1nc2cc(Cl)ccc2s1. The van der Waals surface area contributed by atoms with Crippen molar-refractivity contribution in [3.8, 4) is 0 Å². The zero-order valence-corrected chi connectivity index (χ0v) is 21.9. The Balaban J connectivity index is 1.28. The van der Waals surface area contributed by atoms with Crippen LogP contribution < -0.4 is 5.32 Å². The van der Waals surface area contributed by atoms with Crippen LogP contribution in [-0.2, 0) is 11.3 Å². The van der Waals surface area contributed by atoms with Crippen LogP contribution in [0.15, 0.2) is 30.3 Å². The molecule has 180 valence electrons. The minimum absolute atomic E-state index is 0.230. The van der Waals surface area contributed by atoms with Crippen LogP contribution in [-0.4, -0.2) is 46.4 Å². The van der Waals surface area contributed by atoms with E-state index in [1.54, 1.807) is 11.3 Å². The van der Waals surface area contributed by atoms with Crippen molar-refractivity contribution in [1.82, 2.24) is 14.8 Å². The summed E-state index contributed by atoms with van der Waals surface area (Å²) >= 11 is 14.2. The third kappa shape index (κ3) is 5.06. The molecule has 1 amide bonds. The van der Waals surface area contributed by atoms with Gasteiger partial charge in [-0.15, -0.1) is 0 Å². The molecule has 0 spiro atoms. The van der Waals surface area contributed by atoms with Crippen molar-refractivity contribution in [1.29, 1.82) is 0 Å². The van der Waals surface area contributed by atoms with E-state index in [1.807, 2.05) is 24.3 Å². The summed E-state index contributed by atoms with van der Waals surface area (Å²) < 4.78 is 1.09. The summed E-state index contributed by atoms with van der Waals surface area (Å²) in [5, 5.41) is 5.68. The van der Waals surface area contributed by atoms with Crippen molar-refractivity contribution >= 4 is 61.5 Å². The molecule has 5 nitrogen and oxygen atoms in total. The van der Waals surface area contributed by atoms with Crippen LogP contribution in [0.4, 0.5) is 10.8 Å². The normalized spacial score (nSPS) is 19.8. The van der Waals surface area contributed by atoms with E-state index in [-0.39, 0.29) is 12.0 Å². The fraction of sp³-hybridized carbons (Fsp3) is 0.462. The fourth-order valence-electron chi connectivity index (χ4n) is 5.25. The van der Waals surface area contributed by atoms with Crippen molar-refractivity contribution in [2.75, 3.05) is 25.0 Å². The van der Waals surface area contributed by atoms with Gasteiger partial charge in [0.2, 0.25) is 5.91 Å². The molecule has 1 atom stereocenters. The minimum Gasteiger partial charge on any atom is -0.337 e. The van der Waals surface area contributed by atoms with Gasteiger partial charge in [0.25, 0.3) is 0 Å². The van der Waals surface area contributed by atoms with Crippen LogP contribution in [0.25, 0.3) is 10.2 Å². The molecule has 3 aromatic rings. The average Bonchev–Trinajstić information content (AvgIpc) is 3.46. The van der Waals surface area contributed by atoms with Crippen LogP contribution in [0.5, 0.6) is 0 Å². The van der Waals surface area contributed by atoms with Crippen molar-refractivity contribution in [3.63, 3.8) is 0 Å². The van der Waals surface area contributed by atoms with Gasteiger partial charge in [-0.05, 0) is 68.1 Å². The van der Waals surface area contributed by atoms with Gasteiger partial charge in [-0.1, -0.05) is 47.4 Å². The standard InChI is InChI=1S/C26H30Cl2N4OS/c1-16-14-31(9-10-32(16)25(33)18-5-3-4-6-18)15-19-11-21(28)13-22(17(19)2)29-26-30-23-12-20(27)7-8-24(23)34-26/h7-8,11-13,16,18H,3-6,9-10,14-15H2,1-2H3,(H,29,30)/t16-/m0/s1. The van der Waals surface area contributed by atoms with Gasteiger partial charge < -0.3 is 10.2 Å². The number of hydrogen-bond donors (Lipinski definition) is 1. The lowest BCUT2D eigenvalue weighted by Gasteiger charge is -2.41. The molecule has 0 unspecified atom stereocenters. The highest BCUT2D eigenvalue weighted by Crippen LogP contribution is 2.34. The molecule has 1 saturated heterocycles. The molecular formula is C26H30Cl2N4OS. The van der Waals surface area contributed by atoms with Crippen molar-refractivity contribution < 1.29 is 4.79 Å². The molecule has 1 saturated carbocycles.